The van der Waals surface area contributed by atoms with Gasteiger partial charge in [-0.05, 0) is 162 Å². The summed E-state index contributed by atoms with van der Waals surface area (Å²) in [6, 6.07) is 74.0. The van der Waals surface area contributed by atoms with Crippen LogP contribution in [0.2, 0.25) is 0 Å². The van der Waals surface area contributed by atoms with Gasteiger partial charge in [-0.1, -0.05) is 169 Å². The van der Waals surface area contributed by atoms with Gasteiger partial charge in [0.15, 0.2) is 0 Å². The van der Waals surface area contributed by atoms with Gasteiger partial charge < -0.3 is 29.9 Å². The number of hydrogen-bond acceptors (Lipinski definition) is 10. The quantitative estimate of drug-likeness (QED) is 0.111. The average molecular weight is 1130 g/mol. The number of ether oxygens (including phenoxy) is 2. The molecule has 0 aliphatic heterocycles. The summed E-state index contributed by atoms with van der Waals surface area (Å²) in [7, 11) is 0. The number of hydrogen-bond donors (Lipinski definition) is 0. The van der Waals surface area contributed by atoms with Crippen molar-refractivity contribution in [1.82, 2.24) is 0 Å². The van der Waals surface area contributed by atoms with E-state index in [-0.39, 0.29) is 56.6 Å². The Labute approximate surface area is 482 Å². The first-order chi connectivity index (χ1) is 38.3. The van der Waals surface area contributed by atoms with Crippen LogP contribution in [0.25, 0.3) is 43.1 Å². The maximum atomic E-state index is 12.4. The minimum atomic E-state index is -0.0595. The fourth-order valence-electron chi connectivity index (χ4n) is 8.86. The van der Waals surface area contributed by atoms with E-state index in [0.717, 1.165) is 43.1 Å². The Kier molecular flexibility index (Phi) is 17.5. The summed E-state index contributed by atoms with van der Waals surface area (Å²) in [6.07, 6.45) is 6.48. The van der Waals surface area contributed by atoms with E-state index in [1.807, 2.05) is 218 Å². The Bertz CT molecular complexity index is 3700. The summed E-state index contributed by atoms with van der Waals surface area (Å²) in [5.74, 6) is 2.40. The Hall–Kier alpha value is -9.83. The third kappa shape index (κ3) is 12.9. The van der Waals surface area contributed by atoms with Crippen LogP contribution >= 0.6 is 0 Å². The molecule has 0 saturated heterocycles. The van der Waals surface area contributed by atoms with Crippen molar-refractivity contribution in [3.63, 3.8) is 0 Å². The first-order valence-electron chi connectivity index (χ1n) is 25.0. The molecule has 12 aromatic rings. The molecule has 2 radical (unpaired) electrons. The van der Waals surface area contributed by atoms with E-state index >= 15 is 0 Å². The van der Waals surface area contributed by atoms with E-state index in [2.05, 4.69) is 20.0 Å². The SMILES string of the molecule is [Co+2].[Co+2].[O-]c1ccc2ccccc2c1C=Nc1ccc(Oc2ccc(N=Cc3c([O-])ccc4ccccc34)cc2)cc1.[O-]c1ccc2ccccc2c1C=Nc1ccc(Oc2ccc(N=Cc3c([O-])ccc4ccccc34)cc2)cc1. The minimum absolute atomic E-state index is 0. The van der Waals surface area contributed by atoms with E-state index in [1.165, 1.54) is 0 Å². The van der Waals surface area contributed by atoms with E-state index in [9.17, 15) is 20.4 Å². The van der Waals surface area contributed by atoms with Crippen LogP contribution in [-0.2, 0) is 33.6 Å². The van der Waals surface area contributed by atoms with Crippen LogP contribution in [0.15, 0.2) is 263 Å². The Morgan fingerprint density at radius 2 is 0.438 bits per heavy atom. The van der Waals surface area contributed by atoms with Crippen LogP contribution in [0, 0.1) is 0 Å². The minimum Gasteiger partial charge on any atom is -0.872 e. The normalized spacial score (nSPS) is 11.3. The topological polar surface area (TPSA) is 160 Å². The van der Waals surface area contributed by atoms with Crippen molar-refractivity contribution in [3.8, 4) is 46.0 Å². The number of nitrogens with zero attached hydrogens (tertiary/aromatic N) is 4. The summed E-state index contributed by atoms with van der Waals surface area (Å²) < 4.78 is 11.9. The summed E-state index contributed by atoms with van der Waals surface area (Å²) in [4.78, 5) is 18.0. The Morgan fingerprint density at radius 1 is 0.237 bits per heavy atom. The van der Waals surface area contributed by atoms with Crippen LogP contribution in [-0.4, -0.2) is 24.9 Å². The fraction of sp³-hybridized carbons (Fsp3) is 0. The van der Waals surface area contributed by atoms with Crippen LogP contribution < -0.4 is 29.9 Å². The van der Waals surface area contributed by atoms with Gasteiger partial charge in [0.25, 0.3) is 0 Å². The van der Waals surface area contributed by atoms with Crippen LogP contribution in [0.1, 0.15) is 22.3 Å². The molecule has 0 heterocycles. The molecule has 390 valence electrons. The Balaban J connectivity index is 0.000000189. The molecule has 0 aliphatic rings. The average Bonchev–Trinajstić information content (AvgIpc) is 3.48. The molecule has 0 saturated carbocycles. The smallest absolute Gasteiger partial charge is 0.872 e. The number of benzene rings is 12. The molecule has 12 aromatic carbocycles. The van der Waals surface area contributed by atoms with Crippen LogP contribution in [0.4, 0.5) is 22.7 Å². The standard InChI is InChI=1S/2C34H24N2O3.2Co/c2*37-33-19-9-23-5-1-3-7-29(23)31(33)21-35-25-11-15-27(16-12-25)39-28-17-13-26(14-18-28)36-22-32-30-8-4-2-6-24(30)10-20-34(32)38;;/h2*1-22,37-38H;;/q;;2*+2/p-4. The molecular weight excluding hydrogens is 1090 g/mol. The Morgan fingerprint density at radius 3 is 0.650 bits per heavy atom. The predicted octanol–water partition coefficient (Wildman–Crippen LogP) is 14.9. The summed E-state index contributed by atoms with van der Waals surface area (Å²) in [6.45, 7) is 0. The number of rotatable bonds is 12. The molecule has 0 amide bonds. The van der Waals surface area contributed by atoms with Gasteiger partial charge >= 0.3 is 33.6 Å². The van der Waals surface area contributed by atoms with E-state index in [4.69, 9.17) is 9.47 Å². The molecule has 0 spiro atoms. The van der Waals surface area contributed by atoms with E-state index in [1.54, 1.807) is 49.1 Å². The van der Waals surface area contributed by atoms with Gasteiger partial charge in [0.2, 0.25) is 0 Å². The molecule has 10 nitrogen and oxygen atoms in total. The van der Waals surface area contributed by atoms with Gasteiger partial charge in [0.05, 0.1) is 22.7 Å². The molecule has 0 aromatic heterocycles. The van der Waals surface area contributed by atoms with E-state index < -0.39 is 0 Å². The van der Waals surface area contributed by atoms with Crippen LogP contribution in [0.5, 0.6) is 46.0 Å². The number of fused-ring (bicyclic) bond motifs is 4. The van der Waals surface area contributed by atoms with E-state index in [0.29, 0.717) is 68.0 Å². The van der Waals surface area contributed by atoms with Crippen molar-refractivity contribution in [1.29, 1.82) is 0 Å². The summed E-state index contributed by atoms with van der Waals surface area (Å²) >= 11 is 0. The molecule has 0 atom stereocenters. The maximum absolute atomic E-state index is 12.4. The van der Waals surface area contributed by atoms with Crippen molar-refractivity contribution in [2.75, 3.05) is 0 Å². The first-order valence-corrected chi connectivity index (χ1v) is 25.0. The molecule has 0 aliphatic carbocycles. The van der Waals surface area contributed by atoms with Gasteiger partial charge in [0, 0.05) is 24.9 Å². The second kappa shape index (κ2) is 25.5. The zero-order chi connectivity index (χ0) is 53.2. The first kappa shape index (κ1) is 54.9. The molecule has 12 heteroatoms. The van der Waals surface area contributed by atoms with Crippen LogP contribution in [0.3, 0.4) is 0 Å². The second-order valence-electron chi connectivity index (χ2n) is 18.0. The van der Waals surface area contributed by atoms with Gasteiger partial charge in [-0.3, -0.25) is 20.0 Å². The van der Waals surface area contributed by atoms with Gasteiger partial charge in [0.1, 0.15) is 23.0 Å². The van der Waals surface area contributed by atoms with Crippen molar-refractivity contribution < 1.29 is 63.5 Å². The fourth-order valence-corrected chi connectivity index (χ4v) is 8.86. The maximum Gasteiger partial charge on any atom is 2.00 e. The molecule has 0 unspecified atom stereocenters. The predicted molar refractivity (Wildman–Crippen MR) is 309 cm³/mol. The molecule has 80 heavy (non-hydrogen) atoms. The zero-order valence-electron chi connectivity index (χ0n) is 42.3. The van der Waals surface area contributed by atoms with Crippen molar-refractivity contribution in [2.45, 2.75) is 0 Å². The van der Waals surface area contributed by atoms with Gasteiger partial charge in [-0.25, -0.2) is 0 Å². The van der Waals surface area contributed by atoms with Gasteiger partial charge in [-0.15, -0.1) is 0 Å². The summed E-state index contributed by atoms with van der Waals surface area (Å²) in [5, 5.41) is 57.1. The second-order valence-corrected chi connectivity index (χ2v) is 18.0. The van der Waals surface area contributed by atoms with Gasteiger partial charge in [-0.2, -0.15) is 0 Å². The number of aliphatic imine (C=N–C) groups is 4. The summed E-state index contributed by atoms with van der Waals surface area (Å²) in [5.41, 5.74) is 5.14. The van der Waals surface area contributed by atoms with Crippen molar-refractivity contribution in [2.24, 2.45) is 20.0 Å². The third-order valence-corrected chi connectivity index (χ3v) is 12.9. The molecule has 0 N–H and O–H groups in total. The molecular formula is C68H44Co2N4O6. The van der Waals surface area contributed by atoms with Crippen molar-refractivity contribution >= 4 is 90.7 Å². The zero-order valence-corrected chi connectivity index (χ0v) is 44.4. The molecule has 0 bridgehead atoms. The largest absolute Gasteiger partial charge is 2.00 e. The molecule has 12 rings (SSSR count). The monoisotopic (exact) mass is 1130 g/mol. The third-order valence-electron chi connectivity index (χ3n) is 12.9. The van der Waals surface area contributed by atoms with Crippen molar-refractivity contribution in [3.05, 3.63) is 265 Å². The molecule has 0 fully saturated rings.